The maximum absolute atomic E-state index is 12.7. The van der Waals surface area contributed by atoms with Crippen LogP contribution in [0.15, 0.2) is 30.3 Å². The van der Waals surface area contributed by atoms with Crippen LogP contribution in [0.1, 0.15) is 46.5 Å². The number of amides is 2. The second-order valence-electron chi connectivity index (χ2n) is 8.42. The largest absolute Gasteiger partial charge is 0.493 e. The highest BCUT2D eigenvalue weighted by molar-refractivity contribution is 5.80. The van der Waals surface area contributed by atoms with E-state index in [1.54, 1.807) is 0 Å². The number of nitrogens with one attached hydrogen (secondary N) is 1. The van der Waals surface area contributed by atoms with E-state index >= 15 is 0 Å². The number of nitrogens with two attached hydrogens (primary N) is 1. The summed E-state index contributed by atoms with van der Waals surface area (Å²) in [4.78, 5) is 26.9. The number of nitrogens with zero attached hydrogens (tertiary/aromatic N) is 1. The molecule has 3 N–H and O–H groups in total. The molecule has 2 rings (SSSR count). The summed E-state index contributed by atoms with van der Waals surface area (Å²) in [6.07, 6.45) is 2.60. The van der Waals surface area contributed by atoms with Crippen LogP contribution in [0, 0.1) is 11.8 Å². The number of carbonyl (C=O) groups is 2. The lowest BCUT2D eigenvalue weighted by Crippen LogP contribution is -2.55. The highest BCUT2D eigenvalue weighted by atomic mass is 16.5. The zero-order valence-electron chi connectivity index (χ0n) is 17.4. The molecule has 6 nitrogen and oxygen atoms in total. The van der Waals surface area contributed by atoms with E-state index < -0.39 is 0 Å². The monoisotopic (exact) mass is 389 g/mol. The number of ether oxygens (including phenoxy) is 1. The first-order valence-corrected chi connectivity index (χ1v) is 10.3. The molecule has 6 heteroatoms. The SMILES string of the molecule is CC(C)CC(C)(CN)NC(=O)C1CCN(C(=O)CCOc2ccccc2)CC1. The molecule has 1 atom stereocenters. The Hall–Kier alpha value is -2.08. The fraction of sp³-hybridized carbons (Fsp3) is 0.636. The van der Waals surface area contributed by atoms with Crippen LogP contribution in [0.25, 0.3) is 0 Å². The lowest BCUT2D eigenvalue weighted by molar-refractivity contribution is -0.136. The Bertz CT molecular complexity index is 627. The van der Waals surface area contributed by atoms with Crippen LogP contribution in [0.2, 0.25) is 0 Å². The summed E-state index contributed by atoms with van der Waals surface area (Å²) in [5, 5.41) is 3.15. The van der Waals surface area contributed by atoms with E-state index in [1.807, 2.05) is 42.2 Å². The molecule has 0 bridgehead atoms. The summed E-state index contributed by atoms with van der Waals surface area (Å²) in [7, 11) is 0. The van der Waals surface area contributed by atoms with Gasteiger partial charge in [-0.2, -0.15) is 0 Å². The molecule has 156 valence electrons. The predicted octanol–water partition coefficient (Wildman–Crippen LogP) is 2.57. The third-order valence-corrected chi connectivity index (χ3v) is 5.28. The Morgan fingerprint density at radius 1 is 1.25 bits per heavy atom. The molecule has 0 saturated carbocycles. The summed E-state index contributed by atoms with van der Waals surface area (Å²) in [6.45, 7) is 8.30. The van der Waals surface area contributed by atoms with Gasteiger partial charge >= 0.3 is 0 Å². The molecule has 2 amide bonds. The summed E-state index contributed by atoms with van der Waals surface area (Å²) < 4.78 is 5.60. The van der Waals surface area contributed by atoms with Crippen molar-refractivity contribution < 1.29 is 14.3 Å². The number of benzene rings is 1. The minimum Gasteiger partial charge on any atom is -0.493 e. The molecule has 1 aromatic carbocycles. The van der Waals surface area contributed by atoms with Gasteiger partial charge in [-0.05, 0) is 44.2 Å². The highest BCUT2D eigenvalue weighted by Crippen LogP contribution is 2.21. The number of hydrogen-bond donors (Lipinski definition) is 2. The number of carbonyl (C=O) groups excluding carboxylic acids is 2. The topological polar surface area (TPSA) is 84.7 Å². The third-order valence-electron chi connectivity index (χ3n) is 5.28. The number of likely N-dealkylation sites (tertiary alicyclic amines) is 1. The number of piperidine rings is 1. The van der Waals surface area contributed by atoms with Gasteiger partial charge in [0.1, 0.15) is 5.75 Å². The molecular weight excluding hydrogens is 354 g/mol. The number of hydrogen-bond acceptors (Lipinski definition) is 4. The average Bonchev–Trinajstić information content (AvgIpc) is 2.68. The van der Waals surface area contributed by atoms with E-state index in [1.165, 1.54) is 0 Å². The smallest absolute Gasteiger partial charge is 0.225 e. The Morgan fingerprint density at radius 3 is 2.46 bits per heavy atom. The van der Waals surface area contributed by atoms with Crippen molar-refractivity contribution in [1.82, 2.24) is 10.2 Å². The van der Waals surface area contributed by atoms with Gasteiger partial charge in [0, 0.05) is 31.1 Å². The van der Waals surface area contributed by atoms with Crippen molar-refractivity contribution in [2.45, 2.75) is 52.0 Å². The molecule has 0 spiro atoms. The summed E-state index contributed by atoms with van der Waals surface area (Å²) in [5.74, 6) is 1.33. The molecular formula is C22H35N3O3. The molecule has 1 aromatic rings. The van der Waals surface area contributed by atoms with Crippen LogP contribution in [0.5, 0.6) is 5.75 Å². The van der Waals surface area contributed by atoms with Gasteiger partial charge in [-0.1, -0.05) is 32.0 Å². The van der Waals surface area contributed by atoms with Gasteiger partial charge in [-0.3, -0.25) is 9.59 Å². The quantitative estimate of drug-likeness (QED) is 0.680. The van der Waals surface area contributed by atoms with E-state index in [2.05, 4.69) is 19.2 Å². The summed E-state index contributed by atoms with van der Waals surface area (Å²) in [6, 6.07) is 9.50. The first kappa shape index (κ1) is 22.2. The Labute approximate surface area is 168 Å². The summed E-state index contributed by atoms with van der Waals surface area (Å²) >= 11 is 0. The summed E-state index contributed by atoms with van der Waals surface area (Å²) in [5.41, 5.74) is 5.54. The highest BCUT2D eigenvalue weighted by Gasteiger charge is 2.32. The molecule has 0 aromatic heterocycles. The maximum atomic E-state index is 12.7. The first-order valence-electron chi connectivity index (χ1n) is 10.3. The van der Waals surface area contributed by atoms with Crippen LogP contribution < -0.4 is 15.8 Å². The van der Waals surface area contributed by atoms with Gasteiger partial charge in [0.25, 0.3) is 0 Å². The zero-order chi connectivity index (χ0) is 20.6. The minimum absolute atomic E-state index is 0.0531. The van der Waals surface area contributed by atoms with Crippen molar-refractivity contribution in [2.24, 2.45) is 17.6 Å². The number of rotatable bonds is 9. The number of para-hydroxylation sites is 1. The molecule has 1 saturated heterocycles. The normalized spacial score (nSPS) is 17.2. The lowest BCUT2D eigenvalue weighted by atomic mass is 9.88. The Balaban J connectivity index is 1.73. The fourth-order valence-electron chi connectivity index (χ4n) is 3.81. The zero-order valence-corrected chi connectivity index (χ0v) is 17.4. The van der Waals surface area contributed by atoms with Crippen LogP contribution in [-0.2, 0) is 9.59 Å². The van der Waals surface area contributed by atoms with E-state index in [4.69, 9.17) is 10.5 Å². The molecule has 1 unspecified atom stereocenters. The molecule has 1 aliphatic heterocycles. The molecule has 0 radical (unpaired) electrons. The van der Waals surface area contributed by atoms with Crippen LogP contribution >= 0.6 is 0 Å². The van der Waals surface area contributed by atoms with E-state index in [0.717, 1.165) is 12.2 Å². The lowest BCUT2D eigenvalue weighted by Gasteiger charge is -2.36. The predicted molar refractivity (Wildman–Crippen MR) is 111 cm³/mol. The van der Waals surface area contributed by atoms with Crippen molar-refractivity contribution in [2.75, 3.05) is 26.2 Å². The van der Waals surface area contributed by atoms with Crippen LogP contribution in [-0.4, -0.2) is 48.5 Å². The van der Waals surface area contributed by atoms with Crippen molar-refractivity contribution in [3.63, 3.8) is 0 Å². The maximum Gasteiger partial charge on any atom is 0.225 e. The van der Waals surface area contributed by atoms with Crippen molar-refractivity contribution in [3.8, 4) is 5.75 Å². The van der Waals surface area contributed by atoms with Crippen LogP contribution in [0.4, 0.5) is 0 Å². The van der Waals surface area contributed by atoms with E-state index in [0.29, 0.717) is 51.4 Å². The first-order chi connectivity index (χ1) is 13.3. The minimum atomic E-state index is -0.368. The second-order valence-corrected chi connectivity index (χ2v) is 8.42. The molecule has 28 heavy (non-hydrogen) atoms. The molecule has 1 heterocycles. The van der Waals surface area contributed by atoms with Crippen molar-refractivity contribution in [1.29, 1.82) is 0 Å². The molecule has 1 aliphatic rings. The van der Waals surface area contributed by atoms with Gasteiger partial charge < -0.3 is 20.7 Å². The standard InChI is InChI=1S/C22H35N3O3/c1-17(2)15-22(3,16-23)24-21(27)18-9-12-25(13-10-18)20(26)11-14-28-19-7-5-4-6-8-19/h4-8,17-18H,9-16,23H2,1-3H3,(H,24,27). The van der Waals surface area contributed by atoms with Gasteiger partial charge in [0.05, 0.1) is 13.0 Å². The fourth-order valence-corrected chi connectivity index (χ4v) is 3.81. The second kappa shape index (κ2) is 10.5. The third kappa shape index (κ3) is 6.82. The van der Waals surface area contributed by atoms with E-state index in [-0.39, 0.29) is 23.3 Å². The van der Waals surface area contributed by atoms with Crippen molar-refractivity contribution >= 4 is 11.8 Å². The van der Waals surface area contributed by atoms with E-state index in [9.17, 15) is 9.59 Å². The average molecular weight is 390 g/mol. The van der Waals surface area contributed by atoms with Gasteiger partial charge in [0.2, 0.25) is 11.8 Å². The van der Waals surface area contributed by atoms with Gasteiger partial charge in [-0.25, -0.2) is 0 Å². The van der Waals surface area contributed by atoms with Gasteiger partial charge in [-0.15, -0.1) is 0 Å². The molecule has 1 fully saturated rings. The Kier molecular flexibility index (Phi) is 8.30. The Morgan fingerprint density at radius 2 is 1.89 bits per heavy atom. The van der Waals surface area contributed by atoms with Gasteiger partial charge in [0.15, 0.2) is 0 Å². The molecule has 0 aliphatic carbocycles. The van der Waals surface area contributed by atoms with Crippen molar-refractivity contribution in [3.05, 3.63) is 30.3 Å². The van der Waals surface area contributed by atoms with Crippen LogP contribution in [0.3, 0.4) is 0 Å².